The minimum Gasteiger partial charge on any atom is -0.480 e. The van der Waals surface area contributed by atoms with Crippen molar-refractivity contribution in [2.75, 3.05) is 0 Å². The molecule has 8 nitrogen and oxygen atoms in total. The van der Waals surface area contributed by atoms with Gasteiger partial charge in [-0.15, -0.1) is 0 Å². The predicted molar refractivity (Wildman–Crippen MR) is 97.6 cm³/mol. The number of aliphatic carboxylic acids is 1. The second-order valence-corrected chi connectivity index (χ2v) is 6.79. The molecule has 1 fully saturated rings. The van der Waals surface area contributed by atoms with Crippen molar-refractivity contribution >= 4 is 23.7 Å². The molecule has 0 spiro atoms. The second-order valence-electron chi connectivity index (χ2n) is 6.79. The molecule has 3 amide bonds. The van der Waals surface area contributed by atoms with E-state index in [0.29, 0.717) is 12.8 Å². The largest absolute Gasteiger partial charge is 0.480 e. The zero-order valence-electron chi connectivity index (χ0n) is 15.4. The molecule has 2 rings (SSSR count). The summed E-state index contributed by atoms with van der Waals surface area (Å²) >= 11 is 0. The number of carbonyl (C=O) groups is 4. The van der Waals surface area contributed by atoms with E-state index in [4.69, 9.17) is 0 Å². The first-order chi connectivity index (χ1) is 12.8. The molecule has 146 valence electrons. The molecule has 1 saturated heterocycles. The first kappa shape index (κ1) is 20.4. The Morgan fingerprint density at radius 1 is 1.11 bits per heavy atom. The summed E-state index contributed by atoms with van der Waals surface area (Å²) in [4.78, 5) is 48.0. The van der Waals surface area contributed by atoms with Crippen molar-refractivity contribution in [2.24, 2.45) is 5.92 Å². The average molecular weight is 375 g/mol. The number of benzene rings is 1. The Bertz CT molecular complexity index is 707. The first-order valence-corrected chi connectivity index (χ1v) is 8.98. The van der Waals surface area contributed by atoms with Gasteiger partial charge in [0.05, 0.1) is 6.42 Å². The molecule has 27 heavy (non-hydrogen) atoms. The van der Waals surface area contributed by atoms with Gasteiger partial charge in [0.2, 0.25) is 17.7 Å². The van der Waals surface area contributed by atoms with Crippen LogP contribution < -0.4 is 16.0 Å². The van der Waals surface area contributed by atoms with Crippen molar-refractivity contribution in [2.45, 2.75) is 51.2 Å². The fraction of sp³-hybridized carbons (Fsp3) is 0.474. The van der Waals surface area contributed by atoms with Crippen molar-refractivity contribution in [1.29, 1.82) is 0 Å². The molecule has 4 N–H and O–H groups in total. The summed E-state index contributed by atoms with van der Waals surface area (Å²) in [6.07, 6.45) is 0.626. The monoisotopic (exact) mass is 375 g/mol. The van der Waals surface area contributed by atoms with Gasteiger partial charge in [-0.1, -0.05) is 50.6 Å². The number of hydrogen-bond donors (Lipinski definition) is 4. The van der Waals surface area contributed by atoms with Crippen LogP contribution >= 0.6 is 0 Å². The lowest BCUT2D eigenvalue weighted by atomic mass is 9.98. The molecule has 0 unspecified atom stereocenters. The lowest BCUT2D eigenvalue weighted by Gasteiger charge is -2.30. The zero-order valence-corrected chi connectivity index (χ0v) is 15.4. The molecule has 1 aromatic rings. The Kier molecular flexibility index (Phi) is 6.92. The van der Waals surface area contributed by atoms with Gasteiger partial charge in [0.15, 0.2) is 0 Å². The maximum atomic E-state index is 12.3. The van der Waals surface area contributed by atoms with Crippen LogP contribution in [0.5, 0.6) is 0 Å². The number of nitrogens with one attached hydrogen (secondary N) is 3. The molecule has 0 aliphatic carbocycles. The second kappa shape index (κ2) is 9.16. The number of carboxylic acid groups (broad SMARTS) is 1. The van der Waals surface area contributed by atoms with E-state index in [-0.39, 0.29) is 18.2 Å². The normalized spacial score (nSPS) is 21.6. The van der Waals surface area contributed by atoms with Crippen LogP contribution in [-0.4, -0.2) is 46.9 Å². The molecular weight excluding hydrogens is 350 g/mol. The number of hydrogen-bond acceptors (Lipinski definition) is 4. The molecule has 8 heteroatoms. The van der Waals surface area contributed by atoms with Gasteiger partial charge in [-0.2, -0.15) is 0 Å². The Morgan fingerprint density at radius 3 is 2.30 bits per heavy atom. The Morgan fingerprint density at radius 2 is 1.70 bits per heavy atom. The molecule has 0 aromatic heterocycles. The third-order valence-electron chi connectivity index (χ3n) is 4.73. The summed E-state index contributed by atoms with van der Waals surface area (Å²) < 4.78 is 0. The Balaban J connectivity index is 1.93. The van der Waals surface area contributed by atoms with Crippen molar-refractivity contribution in [3.63, 3.8) is 0 Å². The first-order valence-electron chi connectivity index (χ1n) is 8.98. The number of carboxylic acids is 1. The van der Waals surface area contributed by atoms with Crippen LogP contribution in [0.25, 0.3) is 0 Å². The molecule has 1 aromatic carbocycles. The quantitative estimate of drug-likeness (QED) is 0.517. The van der Waals surface area contributed by atoms with E-state index in [1.54, 1.807) is 6.92 Å². The van der Waals surface area contributed by atoms with Crippen LogP contribution in [0.1, 0.15) is 32.3 Å². The molecule has 1 aliphatic heterocycles. The summed E-state index contributed by atoms with van der Waals surface area (Å²) in [5, 5.41) is 16.9. The SMILES string of the molecule is CC[C@@H](C)[C@H](NC(=O)C[C@@H]1NC(=O)[C@H](Cc2ccccc2)NC1=O)C(=O)O. The molecule has 0 saturated carbocycles. The van der Waals surface area contributed by atoms with E-state index in [9.17, 15) is 24.3 Å². The summed E-state index contributed by atoms with van der Waals surface area (Å²) in [6, 6.07) is 6.53. The van der Waals surface area contributed by atoms with Gasteiger partial charge in [-0.05, 0) is 11.5 Å². The average Bonchev–Trinajstić information content (AvgIpc) is 2.63. The highest BCUT2D eigenvalue weighted by molar-refractivity contribution is 5.99. The fourth-order valence-electron chi connectivity index (χ4n) is 2.91. The minimum absolute atomic E-state index is 0.253. The van der Waals surface area contributed by atoms with Gasteiger partial charge in [0.1, 0.15) is 18.1 Å². The third-order valence-corrected chi connectivity index (χ3v) is 4.73. The number of rotatable bonds is 8. The summed E-state index contributed by atoms with van der Waals surface area (Å²) in [5.74, 6) is -2.80. The third kappa shape index (κ3) is 5.54. The Labute approximate surface area is 157 Å². The van der Waals surface area contributed by atoms with E-state index in [2.05, 4.69) is 16.0 Å². The molecular formula is C19H25N3O5. The molecule has 0 bridgehead atoms. The molecule has 1 heterocycles. The van der Waals surface area contributed by atoms with Crippen LogP contribution in [-0.2, 0) is 25.6 Å². The van der Waals surface area contributed by atoms with Gasteiger partial charge >= 0.3 is 5.97 Å². The van der Waals surface area contributed by atoms with Crippen LogP contribution in [0.4, 0.5) is 0 Å². The van der Waals surface area contributed by atoms with E-state index >= 15 is 0 Å². The Hall–Kier alpha value is -2.90. The fourth-order valence-corrected chi connectivity index (χ4v) is 2.91. The highest BCUT2D eigenvalue weighted by atomic mass is 16.4. The van der Waals surface area contributed by atoms with Gasteiger partial charge in [-0.25, -0.2) is 4.79 Å². The van der Waals surface area contributed by atoms with Gasteiger partial charge < -0.3 is 21.1 Å². The molecule has 0 radical (unpaired) electrons. The van der Waals surface area contributed by atoms with Crippen LogP contribution in [0.2, 0.25) is 0 Å². The number of amides is 3. The van der Waals surface area contributed by atoms with E-state index in [1.165, 1.54) is 0 Å². The highest BCUT2D eigenvalue weighted by Crippen LogP contribution is 2.11. The van der Waals surface area contributed by atoms with Crippen molar-refractivity contribution in [3.8, 4) is 0 Å². The zero-order chi connectivity index (χ0) is 20.0. The number of piperazine rings is 1. The lowest BCUT2D eigenvalue weighted by molar-refractivity contribution is -0.144. The van der Waals surface area contributed by atoms with E-state index in [1.807, 2.05) is 37.3 Å². The van der Waals surface area contributed by atoms with Gasteiger partial charge in [-0.3, -0.25) is 14.4 Å². The van der Waals surface area contributed by atoms with Crippen molar-refractivity contribution in [3.05, 3.63) is 35.9 Å². The van der Waals surface area contributed by atoms with Gasteiger partial charge in [0, 0.05) is 6.42 Å². The van der Waals surface area contributed by atoms with Crippen molar-refractivity contribution < 1.29 is 24.3 Å². The smallest absolute Gasteiger partial charge is 0.326 e. The maximum absolute atomic E-state index is 12.3. The number of carbonyl (C=O) groups excluding carboxylic acids is 3. The summed E-state index contributed by atoms with van der Waals surface area (Å²) in [5.41, 5.74) is 0.909. The lowest BCUT2D eigenvalue weighted by Crippen LogP contribution is -2.63. The topological polar surface area (TPSA) is 125 Å². The van der Waals surface area contributed by atoms with Crippen LogP contribution in [0, 0.1) is 5.92 Å². The molecule has 4 atom stereocenters. The van der Waals surface area contributed by atoms with E-state index in [0.717, 1.165) is 5.56 Å². The minimum atomic E-state index is -1.13. The molecule has 1 aliphatic rings. The van der Waals surface area contributed by atoms with Crippen LogP contribution in [0.15, 0.2) is 30.3 Å². The standard InChI is InChI=1S/C19H25N3O5/c1-3-11(2)16(19(26)27)22-15(23)10-14-18(25)20-13(17(24)21-14)9-12-7-5-4-6-8-12/h4-8,11,13-14,16H,3,9-10H2,1-2H3,(H,20,25)(H,21,24)(H,22,23)(H,26,27)/t11-,13+,14+,16+/m1/s1. The van der Waals surface area contributed by atoms with E-state index < -0.39 is 35.9 Å². The van der Waals surface area contributed by atoms with Crippen LogP contribution in [0.3, 0.4) is 0 Å². The van der Waals surface area contributed by atoms with Gasteiger partial charge in [0.25, 0.3) is 0 Å². The van der Waals surface area contributed by atoms with Crippen molar-refractivity contribution in [1.82, 2.24) is 16.0 Å². The highest BCUT2D eigenvalue weighted by Gasteiger charge is 2.35. The maximum Gasteiger partial charge on any atom is 0.326 e. The summed E-state index contributed by atoms with van der Waals surface area (Å²) in [6.45, 7) is 3.55. The predicted octanol–water partition coefficient (Wildman–Crippen LogP) is 0.218. The summed E-state index contributed by atoms with van der Waals surface area (Å²) in [7, 11) is 0.